The van der Waals surface area contributed by atoms with Gasteiger partial charge in [0.25, 0.3) is 0 Å². The van der Waals surface area contributed by atoms with Crippen LogP contribution in [0.3, 0.4) is 0 Å². The van der Waals surface area contributed by atoms with E-state index in [0.717, 1.165) is 24.2 Å². The molecule has 1 unspecified atom stereocenters. The van der Waals surface area contributed by atoms with Crippen molar-refractivity contribution >= 4 is 22.4 Å². The Kier molecular flexibility index (Phi) is 5.80. The first-order chi connectivity index (χ1) is 8.49. The number of halogens is 1. The average molecular weight is 305 g/mol. The summed E-state index contributed by atoms with van der Waals surface area (Å²) in [5, 5.41) is 3.20. The van der Waals surface area contributed by atoms with Crippen LogP contribution in [0, 0.1) is 6.92 Å². The number of hydrogen-bond donors (Lipinski definition) is 1. The lowest BCUT2D eigenvalue weighted by Gasteiger charge is -2.32. The number of hydrogen-bond acceptors (Lipinski definition) is 3. The van der Waals surface area contributed by atoms with Gasteiger partial charge in [-0.1, -0.05) is 29.8 Å². The van der Waals surface area contributed by atoms with Crippen molar-refractivity contribution in [3.05, 3.63) is 35.4 Å². The third kappa shape index (κ3) is 4.18. The molecule has 1 N–H and O–H groups in total. The van der Waals surface area contributed by atoms with Gasteiger partial charge in [0, 0.05) is 25.7 Å². The molecule has 0 bridgehead atoms. The molecule has 2 rings (SSSR count). The molecule has 4 nitrogen and oxygen atoms in total. The Balaban J connectivity index is 0.00000180. The van der Waals surface area contributed by atoms with Crippen LogP contribution in [0.1, 0.15) is 18.1 Å². The Hall–Kier alpha value is -0.620. The topological polar surface area (TPSA) is 49.4 Å². The van der Waals surface area contributed by atoms with Gasteiger partial charge >= 0.3 is 0 Å². The first-order valence-electron chi connectivity index (χ1n) is 6.25. The second kappa shape index (κ2) is 6.70. The number of piperazine rings is 1. The minimum absolute atomic E-state index is 0. The Bertz CT molecular complexity index is 519. The number of nitrogens with zero attached hydrogens (tertiary/aromatic N) is 1. The van der Waals surface area contributed by atoms with E-state index < -0.39 is 10.0 Å². The molecule has 6 heteroatoms. The third-order valence-corrected chi connectivity index (χ3v) is 5.18. The number of aryl methyl sites for hydroxylation is 1. The quantitative estimate of drug-likeness (QED) is 0.921. The van der Waals surface area contributed by atoms with Gasteiger partial charge in [-0.3, -0.25) is 0 Å². The maximum Gasteiger partial charge on any atom is 0.218 e. The van der Waals surface area contributed by atoms with Crippen molar-refractivity contribution in [2.24, 2.45) is 0 Å². The first kappa shape index (κ1) is 16.4. The van der Waals surface area contributed by atoms with Gasteiger partial charge in [-0.2, -0.15) is 4.31 Å². The molecular weight excluding hydrogens is 284 g/mol. The summed E-state index contributed by atoms with van der Waals surface area (Å²) in [4.78, 5) is 0. The summed E-state index contributed by atoms with van der Waals surface area (Å²) in [5.41, 5.74) is 1.96. The number of rotatable bonds is 3. The fourth-order valence-corrected chi connectivity index (χ4v) is 4.09. The van der Waals surface area contributed by atoms with Gasteiger partial charge in [-0.25, -0.2) is 8.42 Å². The van der Waals surface area contributed by atoms with Crippen molar-refractivity contribution in [1.82, 2.24) is 9.62 Å². The predicted molar refractivity (Wildman–Crippen MR) is 80.1 cm³/mol. The fourth-order valence-electron chi connectivity index (χ4n) is 2.33. The molecule has 0 spiro atoms. The van der Waals surface area contributed by atoms with E-state index in [9.17, 15) is 8.42 Å². The SMILES string of the molecule is Cc1cccc(CS(=O)(=O)N2CCNCC2C)c1.Cl. The van der Waals surface area contributed by atoms with Crippen LogP contribution >= 0.6 is 12.4 Å². The summed E-state index contributed by atoms with van der Waals surface area (Å²) in [6.45, 7) is 5.95. The van der Waals surface area contributed by atoms with Crippen LogP contribution in [0.15, 0.2) is 24.3 Å². The van der Waals surface area contributed by atoms with Crippen LogP contribution in [0.5, 0.6) is 0 Å². The lowest BCUT2D eigenvalue weighted by atomic mass is 10.2. The van der Waals surface area contributed by atoms with Crippen LogP contribution in [0.4, 0.5) is 0 Å². The summed E-state index contributed by atoms with van der Waals surface area (Å²) in [5.74, 6) is 0.0962. The average Bonchev–Trinajstić information content (AvgIpc) is 2.28. The van der Waals surface area contributed by atoms with E-state index in [4.69, 9.17) is 0 Å². The standard InChI is InChI=1S/C13H20N2O2S.ClH/c1-11-4-3-5-13(8-11)10-18(16,17)15-7-6-14-9-12(15)2;/h3-5,8,12,14H,6-7,9-10H2,1-2H3;1H. The largest absolute Gasteiger partial charge is 0.314 e. The Labute approximate surface area is 121 Å². The maximum atomic E-state index is 12.4. The minimum Gasteiger partial charge on any atom is -0.314 e. The van der Waals surface area contributed by atoms with Gasteiger partial charge in [0.05, 0.1) is 5.75 Å². The zero-order chi connectivity index (χ0) is 13.2. The second-order valence-corrected chi connectivity index (χ2v) is 6.83. The molecule has 0 amide bonds. The van der Waals surface area contributed by atoms with Crippen molar-refractivity contribution < 1.29 is 8.42 Å². The van der Waals surface area contributed by atoms with E-state index >= 15 is 0 Å². The molecule has 1 aliphatic rings. The van der Waals surface area contributed by atoms with Crippen LogP contribution in [0.2, 0.25) is 0 Å². The van der Waals surface area contributed by atoms with Crippen LogP contribution in [-0.2, 0) is 15.8 Å². The monoisotopic (exact) mass is 304 g/mol. The van der Waals surface area contributed by atoms with Crippen LogP contribution in [-0.4, -0.2) is 38.4 Å². The predicted octanol–water partition coefficient (Wildman–Crippen LogP) is 1.54. The molecule has 0 saturated carbocycles. The normalized spacial score (nSPS) is 20.8. The van der Waals surface area contributed by atoms with Crippen molar-refractivity contribution in [2.75, 3.05) is 19.6 Å². The summed E-state index contributed by atoms with van der Waals surface area (Å²) in [7, 11) is -3.21. The lowest BCUT2D eigenvalue weighted by Crippen LogP contribution is -2.52. The van der Waals surface area contributed by atoms with Gasteiger partial charge in [-0.05, 0) is 19.4 Å². The van der Waals surface area contributed by atoms with E-state index in [1.165, 1.54) is 0 Å². The second-order valence-electron chi connectivity index (χ2n) is 4.91. The Morgan fingerprint density at radius 1 is 1.42 bits per heavy atom. The number of benzene rings is 1. The maximum absolute atomic E-state index is 12.4. The lowest BCUT2D eigenvalue weighted by molar-refractivity contribution is 0.283. The highest BCUT2D eigenvalue weighted by Gasteiger charge is 2.29. The van der Waals surface area contributed by atoms with E-state index in [1.807, 2.05) is 38.1 Å². The van der Waals surface area contributed by atoms with Gasteiger partial charge in [-0.15, -0.1) is 12.4 Å². The molecular formula is C13H21ClN2O2S. The molecule has 1 aromatic rings. The van der Waals surface area contributed by atoms with E-state index in [2.05, 4.69) is 5.32 Å². The summed E-state index contributed by atoms with van der Waals surface area (Å²) >= 11 is 0. The zero-order valence-electron chi connectivity index (χ0n) is 11.3. The van der Waals surface area contributed by atoms with Crippen molar-refractivity contribution in [3.8, 4) is 0 Å². The molecule has 1 heterocycles. The molecule has 0 aliphatic carbocycles. The molecule has 1 fully saturated rings. The Morgan fingerprint density at radius 2 is 2.16 bits per heavy atom. The van der Waals surface area contributed by atoms with Gasteiger partial charge in [0.15, 0.2) is 0 Å². The molecule has 1 atom stereocenters. The molecule has 1 aromatic carbocycles. The van der Waals surface area contributed by atoms with E-state index in [-0.39, 0.29) is 24.2 Å². The number of sulfonamides is 1. The van der Waals surface area contributed by atoms with Crippen molar-refractivity contribution in [1.29, 1.82) is 0 Å². The molecule has 1 saturated heterocycles. The number of nitrogens with one attached hydrogen (secondary N) is 1. The molecule has 0 radical (unpaired) electrons. The highest BCUT2D eigenvalue weighted by Crippen LogP contribution is 2.16. The van der Waals surface area contributed by atoms with Gasteiger partial charge in [0.1, 0.15) is 0 Å². The first-order valence-corrected chi connectivity index (χ1v) is 7.86. The Morgan fingerprint density at radius 3 is 2.79 bits per heavy atom. The van der Waals surface area contributed by atoms with Crippen molar-refractivity contribution in [2.45, 2.75) is 25.6 Å². The highest BCUT2D eigenvalue weighted by molar-refractivity contribution is 7.88. The minimum atomic E-state index is -3.21. The van der Waals surface area contributed by atoms with Crippen LogP contribution < -0.4 is 5.32 Å². The van der Waals surface area contributed by atoms with Gasteiger partial charge < -0.3 is 5.32 Å². The molecule has 108 valence electrons. The van der Waals surface area contributed by atoms with E-state index in [0.29, 0.717) is 6.54 Å². The summed E-state index contributed by atoms with van der Waals surface area (Å²) in [6.07, 6.45) is 0. The summed E-state index contributed by atoms with van der Waals surface area (Å²) in [6, 6.07) is 7.72. The third-order valence-electron chi connectivity index (χ3n) is 3.23. The summed E-state index contributed by atoms with van der Waals surface area (Å²) < 4.78 is 26.4. The molecule has 1 aliphatic heterocycles. The zero-order valence-corrected chi connectivity index (χ0v) is 12.9. The van der Waals surface area contributed by atoms with Crippen molar-refractivity contribution in [3.63, 3.8) is 0 Å². The van der Waals surface area contributed by atoms with E-state index in [1.54, 1.807) is 4.31 Å². The molecule has 19 heavy (non-hydrogen) atoms. The van der Waals surface area contributed by atoms with Gasteiger partial charge in [0.2, 0.25) is 10.0 Å². The molecule has 0 aromatic heterocycles. The smallest absolute Gasteiger partial charge is 0.218 e. The van der Waals surface area contributed by atoms with Crippen LogP contribution in [0.25, 0.3) is 0 Å². The highest BCUT2D eigenvalue weighted by atomic mass is 35.5. The fraction of sp³-hybridized carbons (Fsp3) is 0.538.